The van der Waals surface area contributed by atoms with Crippen LogP contribution in [0.25, 0.3) is 0 Å². The summed E-state index contributed by atoms with van der Waals surface area (Å²) in [6.07, 6.45) is 0. The van der Waals surface area contributed by atoms with Crippen molar-refractivity contribution in [1.82, 2.24) is 5.32 Å². The van der Waals surface area contributed by atoms with Crippen LogP contribution in [-0.2, 0) is 10.0 Å². The quantitative estimate of drug-likeness (QED) is 0.585. The molecule has 8 nitrogen and oxygen atoms in total. The first-order valence-corrected chi connectivity index (χ1v) is 11.0. The van der Waals surface area contributed by atoms with E-state index in [1.807, 2.05) is 4.90 Å². The number of ether oxygens (including phenoxy) is 3. The van der Waals surface area contributed by atoms with Gasteiger partial charge in [0.1, 0.15) is 5.75 Å². The van der Waals surface area contributed by atoms with E-state index in [1.165, 1.54) is 38.5 Å². The summed E-state index contributed by atoms with van der Waals surface area (Å²) in [6.45, 7) is -0.165. The zero-order valence-corrected chi connectivity index (χ0v) is 18.4. The molecule has 1 N–H and O–H groups in total. The molecular formula is C19H22ClF2N3O5S. The minimum atomic E-state index is -4.18. The molecule has 1 saturated heterocycles. The van der Waals surface area contributed by atoms with Gasteiger partial charge in [0, 0.05) is 44.0 Å². The highest BCUT2D eigenvalue weighted by atomic mass is 35.5. The monoisotopic (exact) mass is 477 g/mol. The SMILES string of the molecule is COc1cc(N(Cl)S(=O)(=O)c2ccc(OC)c(N3CCNCC3)c2)ccc1OC(F)F. The Balaban J connectivity index is 1.95. The summed E-state index contributed by atoms with van der Waals surface area (Å²) in [5.74, 6) is 0.209. The molecule has 12 heteroatoms. The van der Waals surface area contributed by atoms with Crippen LogP contribution >= 0.6 is 11.8 Å². The normalized spacial score (nSPS) is 14.5. The van der Waals surface area contributed by atoms with Gasteiger partial charge in [0.2, 0.25) is 0 Å². The Morgan fingerprint density at radius 1 is 1.03 bits per heavy atom. The molecule has 170 valence electrons. The van der Waals surface area contributed by atoms with Gasteiger partial charge in [-0.15, -0.1) is 0 Å². The second-order valence-corrected chi connectivity index (χ2v) is 8.83. The third-order valence-electron chi connectivity index (χ3n) is 4.68. The summed E-state index contributed by atoms with van der Waals surface area (Å²) in [5.41, 5.74) is 0.632. The number of anilines is 2. The molecule has 0 saturated carbocycles. The highest BCUT2D eigenvalue weighted by Gasteiger charge is 2.27. The summed E-state index contributed by atoms with van der Waals surface area (Å²) in [5, 5.41) is 3.23. The maximum Gasteiger partial charge on any atom is 0.387 e. The Morgan fingerprint density at radius 3 is 2.29 bits per heavy atom. The van der Waals surface area contributed by atoms with E-state index in [4.69, 9.17) is 21.3 Å². The minimum absolute atomic E-state index is 0.000302. The van der Waals surface area contributed by atoms with Crippen LogP contribution < -0.4 is 28.3 Å². The van der Waals surface area contributed by atoms with Gasteiger partial charge in [0.25, 0.3) is 10.0 Å². The number of sulfonamides is 1. The van der Waals surface area contributed by atoms with Crippen LogP contribution in [0.4, 0.5) is 20.2 Å². The summed E-state index contributed by atoms with van der Waals surface area (Å²) >= 11 is 6.18. The maximum atomic E-state index is 13.2. The van der Waals surface area contributed by atoms with Crippen LogP contribution in [0, 0.1) is 0 Å². The molecular weight excluding hydrogens is 456 g/mol. The molecule has 1 aliphatic rings. The smallest absolute Gasteiger partial charge is 0.387 e. The van der Waals surface area contributed by atoms with E-state index in [-0.39, 0.29) is 22.1 Å². The maximum absolute atomic E-state index is 13.2. The Kier molecular flexibility index (Phi) is 7.29. The van der Waals surface area contributed by atoms with Crippen molar-refractivity contribution in [3.63, 3.8) is 0 Å². The van der Waals surface area contributed by atoms with Crippen LogP contribution in [-0.4, -0.2) is 55.4 Å². The molecule has 3 rings (SSSR count). The Bertz CT molecular complexity index is 1020. The van der Waals surface area contributed by atoms with Crippen LogP contribution in [0.1, 0.15) is 0 Å². The zero-order chi connectivity index (χ0) is 22.6. The summed E-state index contributed by atoms with van der Waals surface area (Å²) < 4.78 is 66.7. The molecule has 2 aromatic carbocycles. The first kappa shape index (κ1) is 23.2. The van der Waals surface area contributed by atoms with Gasteiger partial charge < -0.3 is 24.4 Å². The van der Waals surface area contributed by atoms with E-state index in [2.05, 4.69) is 10.1 Å². The van der Waals surface area contributed by atoms with Gasteiger partial charge in [-0.2, -0.15) is 21.0 Å². The number of hydrogen-bond acceptors (Lipinski definition) is 7. The van der Waals surface area contributed by atoms with Crippen molar-refractivity contribution in [3.05, 3.63) is 36.4 Å². The fourth-order valence-corrected chi connectivity index (χ4v) is 4.59. The largest absolute Gasteiger partial charge is 0.495 e. The molecule has 0 unspecified atom stereocenters. The summed E-state index contributed by atoms with van der Waals surface area (Å²) in [7, 11) is -1.43. The number of nitrogens with one attached hydrogen (secondary N) is 1. The molecule has 1 heterocycles. The topological polar surface area (TPSA) is 80.3 Å². The molecule has 2 aromatic rings. The number of rotatable bonds is 8. The van der Waals surface area contributed by atoms with E-state index in [9.17, 15) is 17.2 Å². The van der Waals surface area contributed by atoms with Crippen LogP contribution in [0.2, 0.25) is 0 Å². The van der Waals surface area contributed by atoms with Crippen LogP contribution in [0.3, 0.4) is 0 Å². The first-order valence-electron chi connectivity index (χ1n) is 9.25. The Labute approximate surface area is 184 Å². The molecule has 0 spiro atoms. The minimum Gasteiger partial charge on any atom is -0.495 e. The van der Waals surface area contributed by atoms with Gasteiger partial charge in [0.05, 0.1) is 30.5 Å². The predicted molar refractivity (Wildman–Crippen MR) is 113 cm³/mol. The lowest BCUT2D eigenvalue weighted by atomic mass is 10.2. The third-order valence-corrected chi connectivity index (χ3v) is 6.91. The lowest BCUT2D eigenvalue weighted by Gasteiger charge is -2.31. The number of methoxy groups -OCH3 is 2. The summed E-state index contributed by atoms with van der Waals surface area (Å²) in [4.78, 5) is 1.97. The van der Waals surface area contributed by atoms with E-state index in [1.54, 1.807) is 6.07 Å². The first-order chi connectivity index (χ1) is 14.8. The number of piperazine rings is 1. The Hall–Kier alpha value is -2.50. The molecule has 0 radical (unpaired) electrons. The van der Waals surface area contributed by atoms with Crippen LogP contribution in [0.5, 0.6) is 17.2 Å². The number of halogens is 3. The van der Waals surface area contributed by atoms with Crippen molar-refractivity contribution in [2.45, 2.75) is 11.5 Å². The molecule has 31 heavy (non-hydrogen) atoms. The number of benzene rings is 2. The third kappa shape index (κ3) is 5.05. The van der Waals surface area contributed by atoms with Crippen molar-refractivity contribution in [3.8, 4) is 17.2 Å². The average Bonchev–Trinajstić information content (AvgIpc) is 2.78. The van der Waals surface area contributed by atoms with Crippen molar-refractivity contribution >= 4 is 33.2 Å². The van der Waals surface area contributed by atoms with E-state index in [0.29, 0.717) is 28.4 Å². The van der Waals surface area contributed by atoms with Gasteiger partial charge in [-0.3, -0.25) is 0 Å². The second kappa shape index (κ2) is 9.75. The Morgan fingerprint density at radius 2 is 1.68 bits per heavy atom. The van der Waals surface area contributed by atoms with E-state index in [0.717, 1.165) is 19.2 Å². The molecule has 1 aliphatic heterocycles. The molecule has 0 atom stereocenters. The summed E-state index contributed by atoms with van der Waals surface area (Å²) in [6, 6.07) is 8.05. The fraction of sp³-hybridized carbons (Fsp3) is 0.368. The second-order valence-electron chi connectivity index (χ2n) is 6.50. The van der Waals surface area contributed by atoms with Gasteiger partial charge in [-0.25, -0.2) is 0 Å². The molecule has 0 aromatic heterocycles. The average molecular weight is 478 g/mol. The van der Waals surface area contributed by atoms with Gasteiger partial charge in [-0.1, -0.05) is 0 Å². The molecule has 0 aliphatic carbocycles. The van der Waals surface area contributed by atoms with Crippen molar-refractivity contribution in [2.75, 3.05) is 49.1 Å². The van der Waals surface area contributed by atoms with Gasteiger partial charge >= 0.3 is 6.61 Å². The number of nitrogens with zero attached hydrogens (tertiary/aromatic N) is 2. The highest BCUT2D eigenvalue weighted by Crippen LogP contribution is 2.37. The van der Waals surface area contributed by atoms with E-state index >= 15 is 0 Å². The lowest BCUT2D eigenvalue weighted by molar-refractivity contribution is -0.0512. The number of hydrogen-bond donors (Lipinski definition) is 1. The van der Waals surface area contributed by atoms with Crippen molar-refractivity contribution in [1.29, 1.82) is 0 Å². The van der Waals surface area contributed by atoms with Gasteiger partial charge in [0.15, 0.2) is 11.5 Å². The predicted octanol–water partition coefficient (Wildman–Crippen LogP) is 3.06. The lowest BCUT2D eigenvalue weighted by Crippen LogP contribution is -2.43. The highest BCUT2D eigenvalue weighted by molar-refractivity contribution is 7.94. The number of alkyl halides is 2. The molecule has 0 bridgehead atoms. The van der Waals surface area contributed by atoms with E-state index < -0.39 is 16.6 Å². The van der Waals surface area contributed by atoms with Gasteiger partial charge in [-0.05, 0) is 30.3 Å². The molecule has 0 amide bonds. The molecule has 1 fully saturated rings. The fourth-order valence-electron chi connectivity index (χ4n) is 3.17. The van der Waals surface area contributed by atoms with Crippen molar-refractivity contribution < 1.29 is 31.4 Å². The van der Waals surface area contributed by atoms with Crippen LogP contribution in [0.15, 0.2) is 41.3 Å². The standard InChI is InChI=1S/C19H22ClF2N3O5S/c1-28-16-6-4-14(12-15(16)24-9-7-23-8-10-24)31(26,27)25(20)13-3-5-17(30-19(21)22)18(11-13)29-2/h3-6,11-12,19,23H,7-10H2,1-2H3. The zero-order valence-electron chi connectivity index (χ0n) is 16.8. The van der Waals surface area contributed by atoms with Crippen molar-refractivity contribution in [2.24, 2.45) is 0 Å².